The van der Waals surface area contributed by atoms with Crippen LogP contribution in [0.4, 0.5) is 4.39 Å². The van der Waals surface area contributed by atoms with Gasteiger partial charge in [0.15, 0.2) is 0 Å². The summed E-state index contributed by atoms with van der Waals surface area (Å²) in [6, 6.07) is 16.5. The molecule has 0 bridgehead atoms. The summed E-state index contributed by atoms with van der Waals surface area (Å²) >= 11 is 0. The molecule has 0 unspecified atom stereocenters. The fourth-order valence-corrected chi connectivity index (χ4v) is 9.10. The predicted molar refractivity (Wildman–Crippen MR) is 133 cm³/mol. The first kappa shape index (κ1) is 24.2. The molecule has 6 heteroatoms. The van der Waals surface area contributed by atoms with E-state index in [1.54, 1.807) is 12.1 Å². The highest BCUT2D eigenvalue weighted by Crippen LogP contribution is 2.63. The SMILES string of the molecule is CC(C)N1[C@@H]2CCCC[C@H]2N(C(C)C)P1(=O)N[C@H](C#Cc1ccccc1)c1ccc(F)cc1. The summed E-state index contributed by atoms with van der Waals surface area (Å²) in [7, 11) is -3.14. The molecule has 4 nitrogen and oxygen atoms in total. The van der Waals surface area contributed by atoms with Gasteiger partial charge in [-0.1, -0.05) is 55.0 Å². The largest absolute Gasteiger partial charge is 0.286 e. The number of halogens is 1. The van der Waals surface area contributed by atoms with Crippen LogP contribution in [0.15, 0.2) is 54.6 Å². The Kier molecular flexibility index (Phi) is 7.41. The summed E-state index contributed by atoms with van der Waals surface area (Å²) < 4.78 is 33.1. The number of hydrogen-bond donors (Lipinski definition) is 1. The highest BCUT2D eigenvalue weighted by molar-refractivity contribution is 7.57. The summed E-state index contributed by atoms with van der Waals surface area (Å²) in [5.41, 5.74) is 1.71. The molecule has 1 aliphatic carbocycles. The second-order valence-corrected chi connectivity index (χ2v) is 11.9. The van der Waals surface area contributed by atoms with Gasteiger partial charge in [0.25, 0.3) is 7.59 Å². The molecule has 33 heavy (non-hydrogen) atoms. The maximum absolute atomic E-state index is 15.0. The average Bonchev–Trinajstić information content (AvgIpc) is 3.06. The first-order chi connectivity index (χ1) is 15.8. The zero-order chi connectivity index (χ0) is 23.6. The van der Waals surface area contributed by atoms with Crippen LogP contribution in [0.5, 0.6) is 0 Å². The third kappa shape index (κ3) is 4.96. The third-order valence-corrected chi connectivity index (χ3v) is 10.1. The fourth-order valence-electron chi connectivity index (χ4n) is 5.45. The van der Waals surface area contributed by atoms with E-state index < -0.39 is 13.6 Å². The van der Waals surface area contributed by atoms with Crippen molar-refractivity contribution in [3.05, 3.63) is 71.5 Å². The standard InChI is InChI=1S/C27H35FN3OP/c1-20(2)30-26-12-8-9-13-27(26)31(21(3)4)33(30,32)29-25(23-15-17-24(28)18-16-23)19-14-22-10-6-5-7-11-22/h5-7,10-11,15-18,20-21,25-27H,8-9,12-13H2,1-4H3,(H,29,32)/t25-,26-,27-/m1/s1. The summed E-state index contributed by atoms with van der Waals surface area (Å²) in [4.78, 5) is 0. The van der Waals surface area contributed by atoms with Gasteiger partial charge in [-0.25, -0.2) is 18.8 Å². The van der Waals surface area contributed by atoms with Crippen molar-refractivity contribution in [1.82, 2.24) is 14.4 Å². The molecule has 2 aromatic carbocycles. The van der Waals surface area contributed by atoms with Gasteiger partial charge in [-0.05, 0) is 70.4 Å². The molecule has 1 N–H and O–H groups in total. The lowest BCUT2D eigenvalue weighted by Crippen LogP contribution is -2.43. The Labute approximate surface area is 198 Å². The molecule has 176 valence electrons. The molecule has 2 aliphatic rings. The lowest BCUT2D eigenvalue weighted by Gasteiger charge is -2.37. The van der Waals surface area contributed by atoms with Crippen LogP contribution in [-0.4, -0.2) is 33.5 Å². The van der Waals surface area contributed by atoms with Crippen molar-refractivity contribution in [3.8, 4) is 11.8 Å². The minimum atomic E-state index is -3.14. The highest BCUT2D eigenvalue weighted by atomic mass is 31.2. The summed E-state index contributed by atoms with van der Waals surface area (Å²) in [6.45, 7) is 8.53. The molecule has 0 spiro atoms. The van der Waals surface area contributed by atoms with Crippen molar-refractivity contribution in [2.75, 3.05) is 0 Å². The van der Waals surface area contributed by atoms with Gasteiger partial charge in [0, 0.05) is 29.7 Å². The molecule has 2 aromatic rings. The van der Waals surface area contributed by atoms with Crippen LogP contribution < -0.4 is 5.09 Å². The number of nitrogens with zero attached hydrogens (tertiary/aromatic N) is 2. The van der Waals surface area contributed by atoms with Crippen LogP contribution >= 0.6 is 7.59 Å². The van der Waals surface area contributed by atoms with E-state index in [4.69, 9.17) is 0 Å². The van der Waals surface area contributed by atoms with Crippen molar-refractivity contribution >= 4 is 7.59 Å². The third-order valence-electron chi connectivity index (χ3n) is 6.69. The van der Waals surface area contributed by atoms with E-state index in [1.165, 1.54) is 25.0 Å². The molecule has 0 amide bonds. The summed E-state index contributed by atoms with van der Waals surface area (Å²) in [5.74, 6) is 6.26. The Hall–Kier alpha value is -1.96. The van der Waals surface area contributed by atoms with Crippen molar-refractivity contribution < 1.29 is 8.96 Å². The van der Waals surface area contributed by atoms with Gasteiger partial charge < -0.3 is 0 Å². The van der Waals surface area contributed by atoms with Crippen LogP contribution in [-0.2, 0) is 4.57 Å². The zero-order valence-corrected chi connectivity index (χ0v) is 20.9. The smallest absolute Gasteiger partial charge is 0.270 e. The second kappa shape index (κ2) is 10.1. The molecular weight excluding hydrogens is 432 g/mol. The number of hydrogen-bond acceptors (Lipinski definition) is 1. The minimum absolute atomic E-state index is 0.133. The molecule has 1 heterocycles. The zero-order valence-electron chi connectivity index (χ0n) is 20.0. The van der Waals surface area contributed by atoms with E-state index in [9.17, 15) is 8.96 Å². The quantitative estimate of drug-likeness (QED) is 0.410. The van der Waals surface area contributed by atoms with Crippen molar-refractivity contribution in [2.45, 2.75) is 83.6 Å². The van der Waals surface area contributed by atoms with Gasteiger partial charge >= 0.3 is 0 Å². The number of nitrogens with one attached hydrogen (secondary N) is 1. The summed E-state index contributed by atoms with van der Waals surface area (Å²) in [5, 5.41) is 3.53. The number of benzene rings is 2. The van der Waals surface area contributed by atoms with Gasteiger partial charge in [0.05, 0.1) is 0 Å². The Morgan fingerprint density at radius 2 is 1.45 bits per heavy atom. The normalized spacial score (nSPS) is 23.8. The lowest BCUT2D eigenvalue weighted by atomic mass is 9.89. The van der Waals surface area contributed by atoms with Crippen molar-refractivity contribution in [3.63, 3.8) is 0 Å². The Morgan fingerprint density at radius 3 is 1.97 bits per heavy atom. The molecule has 1 saturated carbocycles. The summed E-state index contributed by atoms with van der Waals surface area (Å²) in [6.07, 6.45) is 4.47. The Balaban J connectivity index is 1.77. The monoisotopic (exact) mass is 467 g/mol. The van der Waals surface area contributed by atoms with Crippen LogP contribution in [0.25, 0.3) is 0 Å². The average molecular weight is 468 g/mol. The molecule has 3 atom stereocenters. The van der Waals surface area contributed by atoms with E-state index in [0.29, 0.717) is 0 Å². The maximum Gasteiger partial charge on any atom is 0.286 e. The predicted octanol–water partition coefficient (Wildman–Crippen LogP) is 6.36. The van der Waals surface area contributed by atoms with Crippen LogP contribution in [0.1, 0.15) is 70.5 Å². The van der Waals surface area contributed by atoms with Crippen LogP contribution in [0.3, 0.4) is 0 Å². The first-order valence-electron chi connectivity index (χ1n) is 12.1. The number of rotatable bonds is 5. The van der Waals surface area contributed by atoms with Crippen LogP contribution in [0, 0.1) is 17.7 Å². The topological polar surface area (TPSA) is 35.6 Å². The Bertz CT molecular complexity index is 1020. The molecule has 2 fully saturated rings. The maximum atomic E-state index is 15.0. The highest BCUT2D eigenvalue weighted by Gasteiger charge is 2.57. The van der Waals surface area contributed by atoms with Gasteiger partial charge in [-0.3, -0.25) is 4.57 Å². The lowest BCUT2D eigenvalue weighted by molar-refractivity contribution is 0.173. The van der Waals surface area contributed by atoms with Crippen molar-refractivity contribution in [1.29, 1.82) is 0 Å². The van der Waals surface area contributed by atoms with E-state index >= 15 is 0 Å². The van der Waals surface area contributed by atoms with Gasteiger partial charge in [0.2, 0.25) is 0 Å². The molecule has 0 radical (unpaired) electrons. The molecule has 0 aromatic heterocycles. The first-order valence-corrected chi connectivity index (χ1v) is 13.7. The number of fused-ring (bicyclic) bond motifs is 1. The fraction of sp³-hybridized carbons (Fsp3) is 0.481. The van der Waals surface area contributed by atoms with Crippen LogP contribution in [0.2, 0.25) is 0 Å². The van der Waals surface area contributed by atoms with E-state index in [0.717, 1.165) is 24.0 Å². The van der Waals surface area contributed by atoms with Gasteiger partial charge in [-0.2, -0.15) is 0 Å². The van der Waals surface area contributed by atoms with E-state index in [1.807, 2.05) is 30.3 Å². The molecular formula is C27H35FN3OP. The van der Waals surface area contributed by atoms with Crippen molar-refractivity contribution in [2.24, 2.45) is 0 Å². The van der Waals surface area contributed by atoms with E-state index in [2.05, 4.69) is 54.0 Å². The minimum Gasteiger partial charge on any atom is -0.270 e. The molecule has 1 aliphatic heterocycles. The Morgan fingerprint density at radius 1 is 0.909 bits per heavy atom. The molecule has 4 rings (SSSR count). The van der Waals surface area contributed by atoms with Gasteiger partial charge in [0.1, 0.15) is 11.9 Å². The molecule has 1 saturated heterocycles. The van der Waals surface area contributed by atoms with E-state index in [-0.39, 0.29) is 30.0 Å². The second-order valence-electron chi connectivity index (χ2n) is 9.66. The van der Waals surface area contributed by atoms with Gasteiger partial charge in [-0.15, -0.1) is 0 Å².